The SMILES string of the molecule is Cc1ccc(-c2ccncc2C2SCC(=O)N2CC(=O)NCC(C)C)cc1. The van der Waals surface area contributed by atoms with Gasteiger partial charge in [0.1, 0.15) is 11.9 Å². The summed E-state index contributed by atoms with van der Waals surface area (Å²) in [6.45, 7) is 6.83. The number of aryl methyl sites for hydroxylation is 1. The van der Waals surface area contributed by atoms with Gasteiger partial charge in [-0.15, -0.1) is 11.8 Å². The van der Waals surface area contributed by atoms with Gasteiger partial charge in [0, 0.05) is 24.5 Å². The molecule has 2 amide bonds. The number of rotatable bonds is 6. The number of hydrogen-bond acceptors (Lipinski definition) is 4. The van der Waals surface area contributed by atoms with Crippen LogP contribution in [0.15, 0.2) is 42.7 Å². The summed E-state index contributed by atoms with van der Waals surface area (Å²) in [6, 6.07) is 10.3. The maximum atomic E-state index is 12.4. The van der Waals surface area contributed by atoms with Crippen LogP contribution in [-0.2, 0) is 9.59 Å². The molecule has 2 heterocycles. The molecule has 1 N–H and O–H groups in total. The van der Waals surface area contributed by atoms with Crippen molar-refractivity contribution in [3.8, 4) is 11.1 Å². The zero-order valence-electron chi connectivity index (χ0n) is 15.9. The molecule has 1 atom stereocenters. The van der Waals surface area contributed by atoms with Gasteiger partial charge in [-0.3, -0.25) is 14.6 Å². The Bertz CT molecular complexity index is 820. The molecule has 1 aromatic carbocycles. The highest BCUT2D eigenvalue weighted by molar-refractivity contribution is 8.00. The van der Waals surface area contributed by atoms with Crippen molar-refractivity contribution in [1.82, 2.24) is 15.2 Å². The number of hydrogen-bond donors (Lipinski definition) is 1. The predicted molar refractivity (Wildman–Crippen MR) is 109 cm³/mol. The topological polar surface area (TPSA) is 62.3 Å². The smallest absolute Gasteiger partial charge is 0.239 e. The molecule has 6 heteroatoms. The molecule has 5 nitrogen and oxygen atoms in total. The molecular formula is C21H25N3O2S. The predicted octanol–water partition coefficient (Wildman–Crippen LogP) is 3.40. The van der Waals surface area contributed by atoms with Crippen molar-refractivity contribution in [3.63, 3.8) is 0 Å². The first kappa shape index (κ1) is 19.4. The average Bonchev–Trinajstić information content (AvgIpc) is 3.01. The van der Waals surface area contributed by atoms with Gasteiger partial charge in [-0.25, -0.2) is 0 Å². The Kier molecular flexibility index (Phi) is 6.16. The Labute approximate surface area is 164 Å². The molecular weight excluding hydrogens is 358 g/mol. The van der Waals surface area contributed by atoms with Gasteiger partial charge in [0.2, 0.25) is 11.8 Å². The van der Waals surface area contributed by atoms with Crippen LogP contribution in [0.4, 0.5) is 0 Å². The van der Waals surface area contributed by atoms with E-state index in [1.807, 2.05) is 26.1 Å². The number of pyridine rings is 1. The summed E-state index contributed by atoms with van der Waals surface area (Å²) in [7, 11) is 0. The molecule has 1 saturated heterocycles. The van der Waals surface area contributed by atoms with Gasteiger partial charge in [0.25, 0.3) is 0 Å². The van der Waals surface area contributed by atoms with Crippen LogP contribution in [0, 0.1) is 12.8 Å². The van der Waals surface area contributed by atoms with E-state index < -0.39 is 0 Å². The largest absolute Gasteiger partial charge is 0.354 e. The Balaban J connectivity index is 1.85. The van der Waals surface area contributed by atoms with Crippen LogP contribution >= 0.6 is 11.8 Å². The van der Waals surface area contributed by atoms with E-state index in [-0.39, 0.29) is 23.7 Å². The lowest BCUT2D eigenvalue weighted by molar-refractivity contribution is -0.133. The lowest BCUT2D eigenvalue weighted by Gasteiger charge is -2.25. The summed E-state index contributed by atoms with van der Waals surface area (Å²) in [6.07, 6.45) is 3.57. The molecule has 1 aliphatic heterocycles. The van der Waals surface area contributed by atoms with Crippen LogP contribution < -0.4 is 5.32 Å². The summed E-state index contributed by atoms with van der Waals surface area (Å²) < 4.78 is 0. The Morgan fingerprint density at radius 3 is 2.74 bits per heavy atom. The molecule has 2 aromatic rings. The molecule has 3 rings (SSSR count). The molecule has 1 aromatic heterocycles. The van der Waals surface area contributed by atoms with Crippen molar-refractivity contribution >= 4 is 23.6 Å². The Hall–Kier alpha value is -2.34. The molecule has 0 radical (unpaired) electrons. The van der Waals surface area contributed by atoms with Gasteiger partial charge in [0.15, 0.2) is 0 Å². The Morgan fingerprint density at radius 1 is 1.30 bits per heavy atom. The molecule has 0 spiro atoms. The third kappa shape index (κ3) is 4.69. The van der Waals surface area contributed by atoms with Crippen molar-refractivity contribution in [1.29, 1.82) is 0 Å². The minimum Gasteiger partial charge on any atom is -0.354 e. The van der Waals surface area contributed by atoms with E-state index in [2.05, 4.69) is 41.5 Å². The summed E-state index contributed by atoms with van der Waals surface area (Å²) in [5, 5.41) is 2.69. The number of nitrogens with one attached hydrogen (secondary N) is 1. The number of amides is 2. The summed E-state index contributed by atoms with van der Waals surface area (Å²) in [5.74, 6) is 0.623. The van der Waals surface area contributed by atoms with E-state index in [4.69, 9.17) is 0 Å². The average molecular weight is 384 g/mol. The van der Waals surface area contributed by atoms with Gasteiger partial charge in [-0.1, -0.05) is 43.7 Å². The van der Waals surface area contributed by atoms with Crippen molar-refractivity contribution in [3.05, 3.63) is 53.9 Å². The van der Waals surface area contributed by atoms with Gasteiger partial charge < -0.3 is 10.2 Å². The monoisotopic (exact) mass is 383 g/mol. The minimum atomic E-state index is -0.202. The molecule has 1 aliphatic rings. The van der Waals surface area contributed by atoms with E-state index in [0.29, 0.717) is 18.2 Å². The lowest BCUT2D eigenvalue weighted by atomic mass is 10.00. The van der Waals surface area contributed by atoms with Gasteiger partial charge in [0.05, 0.1) is 5.75 Å². The highest BCUT2D eigenvalue weighted by atomic mass is 32.2. The van der Waals surface area contributed by atoms with E-state index >= 15 is 0 Å². The van der Waals surface area contributed by atoms with Crippen molar-refractivity contribution in [2.75, 3.05) is 18.8 Å². The summed E-state index contributed by atoms with van der Waals surface area (Å²) >= 11 is 1.55. The maximum Gasteiger partial charge on any atom is 0.239 e. The standard InChI is InChI=1S/C21H25N3O2S/c1-14(2)10-23-19(25)12-24-20(26)13-27-21(24)18-11-22-9-8-17(18)16-6-4-15(3)5-7-16/h4-9,11,14,21H,10,12-13H2,1-3H3,(H,23,25). The first-order valence-electron chi connectivity index (χ1n) is 9.14. The summed E-state index contributed by atoms with van der Waals surface area (Å²) in [4.78, 5) is 30.7. The highest BCUT2D eigenvalue weighted by Crippen LogP contribution is 2.42. The van der Waals surface area contributed by atoms with Crippen LogP contribution in [-0.4, -0.2) is 40.5 Å². The van der Waals surface area contributed by atoms with Crippen molar-refractivity contribution in [2.24, 2.45) is 5.92 Å². The zero-order chi connectivity index (χ0) is 19.4. The molecule has 1 fully saturated rings. The van der Waals surface area contributed by atoms with E-state index in [0.717, 1.165) is 16.7 Å². The molecule has 142 valence electrons. The molecule has 0 aliphatic carbocycles. The number of carbonyl (C=O) groups excluding carboxylic acids is 2. The number of carbonyl (C=O) groups is 2. The van der Waals surface area contributed by atoms with Crippen molar-refractivity contribution < 1.29 is 9.59 Å². The number of thioether (sulfide) groups is 1. The van der Waals surface area contributed by atoms with E-state index in [1.54, 1.807) is 22.9 Å². The van der Waals surface area contributed by atoms with E-state index in [1.165, 1.54) is 5.56 Å². The van der Waals surface area contributed by atoms with Crippen LogP contribution in [0.1, 0.15) is 30.3 Å². The third-order valence-corrected chi connectivity index (χ3v) is 5.71. The molecule has 1 unspecified atom stereocenters. The molecule has 27 heavy (non-hydrogen) atoms. The fraction of sp³-hybridized carbons (Fsp3) is 0.381. The lowest BCUT2D eigenvalue weighted by Crippen LogP contribution is -2.40. The quantitative estimate of drug-likeness (QED) is 0.830. The zero-order valence-corrected chi connectivity index (χ0v) is 16.8. The van der Waals surface area contributed by atoms with Crippen LogP contribution in [0.5, 0.6) is 0 Å². The first-order chi connectivity index (χ1) is 13.0. The van der Waals surface area contributed by atoms with Crippen LogP contribution in [0.3, 0.4) is 0 Å². The second kappa shape index (κ2) is 8.57. The number of aromatic nitrogens is 1. The van der Waals surface area contributed by atoms with Crippen molar-refractivity contribution in [2.45, 2.75) is 26.1 Å². The van der Waals surface area contributed by atoms with Gasteiger partial charge in [-0.05, 0) is 30.0 Å². The van der Waals surface area contributed by atoms with Gasteiger partial charge >= 0.3 is 0 Å². The molecule has 0 saturated carbocycles. The van der Waals surface area contributed by atoms with Crippen LogP contribution in [0.25, 0.3) is 11.1 Å². The minimum absolute atomic E-state index is 0.0107. The molecule has 0 bridgehead atoms. The first-order valence-corrected chi connectivity index (χ1v) is 10.2. The number of benzene rings is 1. The number of nitrogens with zero attached hydrogens (tertiary/aromatic N) is 2. The fourth-order valence-electron chi connectivity index (χ4n) is 3.01. The second-order valence-corrected chi connectivity index (χ2v) is 8.28. The Morgan fingerprint density at radius 2 is 2.04 bits per heavy atom. The normalized spacial score (nSPS) is 16.8. The third-order valence-electron chi connectivity index (χ3n) is 4.47. The highest BCUT2D eigenvalue weighted by Gasteiger charge is 2.35. The fourth-order valence-corrected chi connectivity index (χ4v) is 4.22. The van der Waals surface area contributed by atoms with Crippen LogP contribution in [0.2, 0.25) is 0 Å². The summed E-state index contributed by atoms with van der Waals surface area (Å²) in [5.41, 5.74) is 4.30. The maximum absolute atomic E-state index is 12.4. The van der Waals surface area contributed by atoms with E-state index in [9.17, 15) is 9.59 Å². The van der Waals surface area contributed by atoms with Gasteiger partial charge in [-0.2, -0.15) is 0 Å². The second-order valence-electron chi connectivity index (χ2n) is 7.21.